The van der Waals surface area contributed by atoms with Crippen LogP contribution in [0.1, 0.15) is 30.5 Å². The van der Waals surface area contributed by atoms with Crippen molar-refractivity contribution < 1.29 is 14.2 Å². The Morgan fingerprint density at radius 3 is 2.62 bits per heavy atom. The number of fused-ring (bicyclic) bond motifs is 1. The minimum atomic E-state index is 0.0907. The Morgan fingerprint density at radius 2 is 1.86 bits per heavy atom. The molecule has 0 fully saturated rings. The highest BCUT2D eigenvalue weighted by Crippen LogP contribution is 2.32. The van der Waals surface area contributed by atoms with Crippen molar-refractivity contribution in [1.82, 2.24) is 0 Å². The molecule has 1 aliphatic rings. The lowest BCUT2D eigenvalue weighted by Crippen LogP contribution is -2.08. The molecule has 0 spiro atoms. The Kier molecular flexibility index (Phi) is 3.97. The molecule has 1 heterocycles. The number of rotatable bonds is 5. The molecule has 4 heteroatoms. The van der Waals surface area contributed by atoms with Crippen molar-refractivity contribution in [3.63, 3.8) is 0 Å². The molecule has 0 bridgehead atoms. The summed E-state index contributed by atoms with van der Waals surface area (Å²) in [6.45, 7) is 2.86. The van der Waals surface area contributed by atoms with Crippen molar-refractivity contribution in [2.75, 3.05) is 6.79 Å². The van der Waals surface area contributed by atoms with E-state index in [2.05, 4.69) is 6.92 Å². The summed E-state index contributed by atoms with van der Waals surface area (Å²) in [5, 5.41) is 0. The van der Waals surface area contributed by atoms with E-state index in [-0.39, 0.29) is 6.04 Å². The molecule has 0 aliphatic carbocycles. The molecule has 3 rings (SSSR count). The Bertz CT molecular complexity index is 610. The van der Waals surface area contributed by atoms with Gasteiger partial charge in [-0.1, -0.05) is 25.1 Å². The van der Waals surface area contributed by atoms with Crippen LogP contribution in [0.15, 0.2) is 42.5 Å². The van der Waals surface area contributed by atoms with E-state index in [9.17, 15) is 0 Å². The van der Waals surface area contributed by atoms with Crippen LogP contribution in [0.25, 0.3) is 0 Å². The number of benzene rings is 2. The fourth-order valence-electron chi connectivity index (χ4n) is 2.24. The van der Waals surface area contributed by atoms with Gasteiger partial charge in [-0.15, -0.1) is 0 Å². The molecule has 0 amide bonds. The fraction of sp³-hybridized carbons (Fsp3) is 0.294. The molecule has 2 aromatic rings. The zero-order valence-corrected chi connectivity index (χ0v) is 12.0. The highest BCUT2D eigenvalue weighted by molar-refractivity contribution is 5.44. The number of ether oxygens (including phenoxy) is 3. The maximum Gasteiger partial charge on any atom is 0.231 e. The smallest absolute Gasteiger partial charge is 0.231 e. The summed E-state index contributed by atoms with van der Waals surface area (Å²) < 4.78 is 16.4. The minimum absolute atomic E-state index is 0.0907. The Hall–Kier alpha value is -2.20. The summed E-state index contributed by atoms with van der Waals surface area (Å²) in [6, 6.07) is 13.9. The highest BCUT2D eigenvalue weighted by Gasteiger charge is 2.13. The maximum atomic E-state index is 5.99. The first-order chi connectivity index (χ1) is 10.3. The van der Waals surface area contributed by atoms with Crippen LogP contribution < -0.4 is 19.9 Å². The van der Waals surface area contributed by atoms with Gasteiger partial charge in [-0.05, 0) is 41.8 Å². The van der Waals surface area contributed by atoms with Crippen LogP contribution in [-0.4, -0.2) is 6.79 Å². The molecule has 2 N–H and O–H groups in total. The summed E-state index contributed by atoms with van der Waals surface area (Å²) in [4.78, 5) is 0. The standard InChI is InChI=1S/C17H19NO3/c1-2-15(18)13-4-6-14(7-5-13)19-10-12-3-8-16-17(9-12)21-11-20-16/h3-9,15H,2,10-11,18H2,1H3/t15-/m1/s1. The molecule has 0 saturated carbocycles. The average Bonchev–Trinajstić information content (AvgIpc) is 3.00. The topological polar surface area (TPSA) is 53.7 Å². The second-order valence-electron chi connectivity index (χ2n) is 5.06. The van der Waals surface area contributed by atoms with Gasteiger partial charge in [0.25, 0.3) is 0 Å². The van der Waals surface area contributed by atoms with Crippen LogP contribution in [0, 0.1) is 0 Å². The molecule has 0 saturated heterocycles. The van der Waals surface area contributed by atoms with Gasteiger partial charge >= 0.3 is 0 Å². The minimum Gasteiger partial charge on any atom is -0.489 e. The number of hydrogen-bond acceptors (Lipinski definition) is 4. The van der Waals surface area contributed by atoms with Gasteiger partial charge in [0.15, 0.2) is 11.5 Å². The van der Waals surface area contributed by atoms with E-state index in [4.69, 9.17) is 19.9 Å². The van der Waals surface area contributed by atoms with Gasteiger partial charge in [-0.2, -0.15) is 0 Å². The normalized spacial score (nSPS) is 14.0. The molecule has 1 aliphatic heterocycles. The summed E-state index contributed by atoms with van der Waals surface area (Å²) in [7, 11) is 0. The predicted octanol–water partition coefficient (Wildman–Crippen LogP) is 3.40. The zero-order chi connectivity index (χ0) is 14.7. The van der Waals surface area contributed by atoms with Crippen molar-refractivity contribution in [2.24, 2.45) is 5.73 Å². The van der Waals surface area contributed by atoms with E-state index in [1.54, 1.807) is 0 Å². The summed E-state index contributed by atoms with van der Waals surface area (Å²) in [5.74, 6) is 2.40. The van der Waals surface area contributed by atoms with E-state index < -0.39 is 0 Å². The second kappa shape index (κ2) is 6.06. The number of nitrogens with two attached hydrogens (primary N) is 1. The van der Waals surface area contributed by atoms with E-state index in [1.807, 2.05) is 42.5 Å². The lowest BCUT2D eigenvalue weighted by Gasteiger charge is -2.11. The van der Waals surface area contributed by atoms with Crippen molar-refractivity contribution in [1.29, 1.82) is 0 Å². The first-order valence-corrected chi connectivity index (χ1v) is 7.13. The third-order valence-electron chi connectivity index (χ3n) is 3.59. The monoisotopic (exact) mass is 285 g/mol. The van der Waals surface area contributed by atoms with Gasteiger partial charge in [-0.25, -0.2) is 0 Å². The quantitative estimate of drug-likeness (QED) is 0.914. The second-order valence-corrected chi connectivity index (χ2v) is 5.06. The number of hydrogen-bond donors (Lipinski definition) is 1. The lowest BCUT2D eigenvalue weighted by atomic mass is 10.1. The highest BCUT2D eigenvalue weighted by atomic mass is 16.7. The van der Waals surface area contributed by atoms with Gasteiger partial charge in [0.05, 0.1) is 0 Å². The molecule has 0 radical (unpaired) electrons. The van der Waals surface area contributed by atoms with Crippen LogP contribution in [0.4, 0.5) is 0 Å². The van der Waals surface area contributed by atoms with Crippen molar-refractivity contribution in [3.8, 4) is 17.2 Å². The lowest BCUT2D eigenvalue weighted by molar-refractivity contribution is 0.174. The largest absolute Gasteiger partial charge is 0.489 e. The molecule has 2 aromatic carbocycles. The summed E-state index contributed by atoms with van der Waals surface area (Å²) in [5.41, 5.74) is 8.18. The predicted molar refractivity (Wildman–Crippen MR) is 80.6 cm³/mol. The van der Waals surface area contributed by atoms with Crippen LogP contribution in [-0.2, 0) is 6.61 Å². The van der Waals surface area contributed by atoms with Gasteiger partial charge in [-0.3, -0.25) is 0 Å². The van der Waals surface area contributed by atoms with Crippen LogP contribution >= 0.6 is 0 Å². The van der Waals surface area contributed by atoms with Gasteiger partial charge in [0.2, 0.25) is 6.79 Å². The fourth-order valence-corrected chi connectivity index (χ4v) is 2.24. The van der Waals surface area contributed by atoms with Crippen molar-refractivity contribution >= 4 is 0 Å². The van der Waals surface area contributed by atoms with Crippen LogP contribution in [0.3, 0.4) is 0 Å². The molecule has 0 unspecified atom stereocenters. The van der Waals surface area contributed by atoms with Crippen LogP contribution in [0.5, 0.6) is 17.2 Å². The maximum absolute atomic E-state index is 5.99. The Labute approximate surface area is 124 Å². The Balaban J connectivity index is 1.62. The Morgan fingerprint density at radius 1 is 1.10 bits per heavy atom. The first kappa shape index (κ1) is 13.8. The van der Waals surface area contributed by atoms with Crippen molar-refractivity contribution in [3.05, 3.63) is 53.6 Å². The summed E-state index contributed by atoms with van der Waals surface area (Å²) >= 11 is 0. The summed E-state index contributed by atoms with van der Waals surface area (Å²) in [6.07, 6.45) is 0.928. The molecule has 1 atom stereocenters. The SMILES string of the molecule is CC[C@@H](N)c1ccc(OCc2ccc3c(c2)OCO3)cc1. The zero-order valence-electron chi connectivity index (χ0n) is 12.0. The van der Waals surface area contributed by atoms with E-state index in [0.717, 1.165) is 34.8 Å². The van der Waals surface area contributed by atoms with Crippen LogP contribution in [0.2, 0.25) is 0 Å². The first-order valence-electron chi connectivity index (χ1n) is 7.13. The third-order valence-corrected chi connectivity index (χ3v) is 3.59. The molecule has 21 heavy (non-hydrogen) atoms. The molecule has 110 valence electrons. The molecule has 0 aromatic heterocycles. The molecule has 4 nitrogen and oxygen atoms in total. The van der Waals surface area contributed by atoms with Gasteiger partial charge < -0.3 is 19.9 Å². The van der Waals surface area contributed by atoms with Gasteiger partial charge in [0.1, 0.15) is 12.4 Å². The van der Waals surface area contributed by atoms with E-state index in [0.29, 0.717) is 13.4 Å². The van der Waals surface area contributed by atoms with E-state index in [1.165, 1.54) is 0 Å². The average molecular weight is 285 g/mol. The van der Waals surface area contributed by atoms with Crippen molar-refractivity contribution in [2.45, 2.75) is 26.0 Å². The van der Waals surface area contributed by atoms with E-state index >= 15 is 0 Å². The molecular formula is C17H19NO3. The third kappa shape index (κ3) is 3.11. The van der Waals surface area contributed by atoms with Gasteiger partial charge in [0, 0.05) is 6.04 Å². The molecular weight excluding hydrogens is 266 g/mol.